The second-order valence-corrected chi connectivity index (χ2v) is 6.98. The SMILES string of the molecule is C=[S@](C)(=O)c1cccc2c(N(C)C)cccc12. The van der Waals surface area contributed by atoms with E-state index >= 15 is 0 Å². The molecule has 2 rings (SSSR count). The van der Waals surface area contributed by atoms with E-state index < -0.39 is 9.52 Å². The van der Waals surface area contributed by atoms with Crippen molar-refractivity contribution in [3.63, 3.8) is 0 Å². The summed E-state index contributed by atoms with van der Waals surface area (Å²) in [5, 5.41) is 2.15. The van der Waals surface area contributed by atoms with Crippen LogP contribution in [0.1, 0.15) is 0 Å². The second-order valence-electron chi connectivity index (χ2n) is 4.53. The molecular weight excluding hydrogens is 230 g/mol. The van der Waals surface area contributed by atoms with Gasteiger partial charge in [-0.25, -0.2) is 0 Å². The normalized spacial score (nSPS) is 14.5. The Balaban J connectivity index is 2.89. The van der Waals surface area contributed by atoms with Crippen molar-refractivity contribution < 1.29 is 4.21 Å². The van der Waals surface area contributed by atoms with Crippen molar-refractivity contribution >= 4 is 31.9 Å². The van der Waals surface area contributed by atoms with Crippen LogP contribution in [-0.2, 0) is 9.52 Å². The van der Waals surface area contributed by atoms with Crippen LogP contribution >= 0.6 is 0 Å². The molecule has 0 heterocycles. The van der Waals surface area contributed by atoms with Crippen LogP contribution in [0.3, 0.4) is 0 Å². The standard InChI is InChI=1S/C14H17NOS/c1-15(2)13-9-5-8-12-11(13)7-6-10-14(12)17(3,4)16/h5-10H,3H2,1-2,4H3/t17-/m1/s1. The molecule has 0 bridgehead atoms. The van der Waals surface area contributed by atoms with E-state index in [2.05, 4.69) is 22.9 Å². The first-order valence-corrected chi connectivity index (χ1v) is 7.56. The predicted molar refractivity (Wildman–Crippen MR) is 77.7 cm³/mol. The van der Waals surface area contributed by atoms with Crippen molar-refractivity contribution in [3.05, 3.63) is 36.4 Å². The maximum absolute atomic E-state index is 12.2. The van der Waals surface area contributed by atoms with Crippen molar-refractivity contribution in [2.24, 2.45) is 0 Å². The summed E-state index contributed by atoms with van der Waals surface area (Å²) in [6.45, 7) is 0. The van der Waals surface area contributed by atoms with E-state index in [1.54, 1.807) is 6.26 Å². The van der Waals surface area contributed by atoms with Gasteiger partial charge in [0.15, 0.2) is 0 Å². The van der Waals surface area contributed by atoms with E-state index in [9.17, 15) is 4.21 Å². The van der Waals surface area contributed by atoms with Gasteiger partial charge >= 0.3 is 0 Å². The predicted octanol–water partition coefficient (Wildman–Crippen LogP) is 2.61. The number of benzene rings is 2. The van der Waals surface area contributed by atoms with Gasteiger partial charge in [0.1, 0.15) is 0 Å². The number of hydrogen-bond donors (Lipinski definition) is 0. The highest BCUT2D eigenvalue weighted by Crippen LogP contribution is 2.29. The molecule has 0 amide bonds. The minimum Gasteiger partial charge on any atom is -0.377 e. The van der Waals surface area contributed by atoms with Gasteiger partial charge in [0, 0.05) is 36.3 Å². The van der Waals surface area contributed by atoms with Crippen LogP contribution in [0.25, 0.3) is 10.8 Å². The molecule has 2 nitrogen and oxygen atoms in total. The maximum atomic E-state index is 12.2. The van der Waals surface area contributed by atoms with Crippen molar-refractivity contribution in [2.75, 3.05) is 25.3 Å². The van der Waals surface area contributed by atoms with Crippen LogP contribution < -0.4 is 4.90 Å². The molecule has 0 spiro atoms. The van der Waals surface area contributed by atoms with Crippen LogP contribution in [-0.4, -0.2) is 30.4 Å². The fourth-order valence-corrected chi connectivity index (χ4v) is 3.04. The van der Waals surface area contributed by atoms with Crippen molar-refractivity contribution in [1.29, 1.82) is 0 Å². The molecule has 0 fully saturated rings. The van der Waals surface area contributed by atoms with Gasteiger partial charge in [-0.3, -0.25) is 4.21 Å². The zero-order valence-electron chi connectivity index (χ0n) is 10.4. The average Bonchev–Trinajstić information content (AvgIpc) is 2.26. The minimum absolute atomic E-state index is 0.832. The van der Waals surface area contributed by atoms with Gasteiger partial charge in [-0.1, -0.05) is 24.3 Å². The van der Waals surface area contributed by atoms with Gasteiger partial charge in [0.05, 0.1) is 0 Å². The Bertz CT molecular complexity index is 657. The molecule has 0 N–H and O–H groups in total. The monoisotopic (exact) mass is 247 g/mol. The van der Waals surface area contributed by atoms with Gasteiger partial charge in [-0.05, 0) is 32.9 Å². The summed E-state index contributed by atoms with van der Waals surface area (Å²) in [5.74, 6) is 3.78. The Hall–Kier alpha value is -1.48. The van der Waals surface area contributed by atoms with Crippen LogP contribution in [0.5, 0.6) is 0 Å². The van der Waals surface area contributed by atoms with Gasteiger partial charge in [0.25, 0.3) is 0 Å². The van der Waals surface area contributed by atoms with Crippen LogP contribution in [0.15, 0.2) is 41.3 Å². The van der Waals surface area contributed by atoms with Crippen LogP contribution in [0, 0.1) is 0 Å². The number of anilines is 1. The van der Waals surface area contributed by atoms with E-state index in [-0.39, 0.29) is 0 Å². The smallest absolute Gasteiger partial charge is 0.0441 e. The second kappa shape index (κ2) is 4.08. The molecule has 0 aliphatic rings. The average molecular weight is 247 g/mol. The van der Waals surface area contributed by atoms with Gasteiger partial charge in [-0.2, -0.15) is 0 Å². The van der Waals surface area contributed by atoms with Gasteiger partial charge < -0.3 is 4.90 Å². The summed E-state index contributed by atoms with van der Waals surface area (Å²) in [6, 6.07) is 12.0. The summed E-state index contributed by atoms with van der Waals surface area (Å²) in [6.07, 6.45) is 1.68. The number of hydrogen-bond acceptors (Lipinski definition) is 2. The van der Waals surface area contributed by atoms with Crippen molar-refractivity contribution in [1.82, 2.24) is 0 Å². The molecule has 90 valence electrons. The van der Waals surface area contributed by atoms with Gasteiger partial charge in [0.2, 0.25) is 0 Å². The Morgan fingerprint density at radius 3 is 2.24 bits per heavy atom. The lowest BCUT2D eigenvalue weighted by Gasteiger charge is -2.17. The molecule has 2 aromatic carbocycles. The summed E-state index contributed by atoms with van der Waals surface area (Å²) >= 11 is 0. The topological polar surface area (TPSA) is 20.3 Å². The zero-order valence-corrected chi connectivity index (χ0v) is 11.3. The molecular formula is C14H17NOS. The number of rotatable bonds is 2. The van der Waals surface area contributed by atoms with Crippen LogP contribution in [0.4, 0.5) is 5.69 Å². The molecule has 0 aliphatic heterocycles. The highest BCUT2D eigenvalue weighted by molar-refractivity contribution is 7.99. The van der Waals surface area contributed by atoms with E-state index in [1.807, 2.05) is 38.4 Å². The Morgan fingerprint density at radius 2 is 1.65 bits per heavy atom. The maximum Gasteiger partial charge on any atom is 0.0441 e. The molecule has 3 heteroatoms. The Morgan fingerprint density at radius 1 is 1.06 bits per heavy atom. The summed E-state index contributed by atoms with van der Waals surface area (Å²) in [7, 11) is 1.83. The largest absolute Gasteiger partial charge is 0.377 e. The van der Waals surface area contributed by atoms with Crippen molar-refractivity contribution in [2.45, 2.75) is 4.90 Å². The minimum atomic E-state index is -2.19. The first kappa shape index (κ1) is 12.0. The summed E-state index contributed by atoms with van der Waals surface area (Å²) in [5.41, 5.74) is 1.13. The zero-order chi connectivity index (χ0) is 12.6. The van der Waals surface area contributed by atoms with E-state index in [0.717, 1.165) is 21.4 Å². The molecule has 0 saturated carbocycles. The third-order valence-electron chi connectivity index (χ3n) is 2.81. The fraction of sp³-hybridized carbons (Fsp3) is 0.214. The van der Waals surface area contributed by atoms with Crippen LogP contribution in [0.2, 0.25) is 0 Å². The lowest BCUT2D eigenvalue weighted by atomic mass is 10.1. The summed E-state index contributed by atoms with van der Waals surface area (Å²) in [4.78, 5) is 2.89. The third kappa shape index (κ3) is 2.15. The molecule has 2 aromatic rings. The molecule has 0 saturated heterocycles. The highest BCUT2D eigenvalue weighted by atomic mass is 32.2. The first-order valence-electron chi connectivity index (χ1n) is 5.42. The number of fused-ring (bicyclic) bond motifs is 1. The Labute approximate surface area is 103 Å². The lowest BCUT2D eigenvalue weighted by molar-refractivity contribution is 0.685. The Kier molecular flexibility index (Phi) is 2.87. The quantitative estimate of drug-likeness (QED) is 0.760. The lowest BCUT2D eigenvalue weighted by Crippen LogP contribution is -2.09. The van der Waals surface area contributed by atoms with Crippen molar-refractivity contribution in [3.8, 4) is 0 Å². The molecule has 1 atom stereocenters. The molecule has 0 radical (unpaired) electrons. The number of nitrogens with zero attached hydrogens (tertiary/aromatic N) is 1. The molecule has 0 aliphatic carbocycles. The fourth-order valence-electron chi connectivity index (χ4n) is 2.03. The van der Waals surface area contributed by atoms with E-state index in [1.165, 1.54) is 0 Å². The molecule has 17 heavy (non-hydrogen) atoms. The van der Waals surface area contributed by atoms with Gasteiger partial charge in [-0.15, -0.1) is 0 Å². The van der Waals surface area contributed by atoms with E-state index in [4.69, 9.17) is 0 Å². The molecule has 0 unspecified atom stereocenters. The first-order chi connectivity index (χ1) is 7.91. The van der Waals surface area contributed by atoms with E-state index in [0.29, 0.717) is 0 Å². The third-order valence-corrected chi connectivity index (χ3v) is 4.09. The highest BCUT2D eigenvalue weighted by Gasteiger charge is 2.09. The molecule has 0 aromatic heterocycles. The summed E-state index contributed by atoms with van der Waals surface area (Å²) < 4.78 is 12.2.